The van der Waals surface area contributed by atoms with Crippen LogP contribution in [0.4, 0.5) is 5.69 Å². The lowest BCUT2D eigenvalue weighted by Gasteiger charge is -2.34. The Bertz CT molecular complexity index is 1470. The van der Waals surface area contributed by atoms with Crippen molar-refractivity contribution in [2.45, 2.75) is 45.3 Å². The Balaban J connectivity index is 2.08. The van der Waals surface area contributed by atoms with Crippen LogP contribution in [0.3, 0.4) is 0 Å². The quantitative estimate of drug-likeness (QED) is 0.282. The molecule has 0 radical (unpaired) electrons. The van der Waals surface area contributed by atoms with E-state index in [4.69, 9.17) is 21.1 Å². The minimum atomic E-state index is -3.93. The third-order valence-electron chi connectivity index (χ3n) is 6.85. The number of hydrogen-bond donors (Lipinski definition) is 1. The van der Waals surface area contributed by atoms with E-state index in [-0.39, 0.29) is 30.6 Å². The van der Waals surface area contributed by atoms with Crippen LogP contribution in [0.2, 0.25) is 5.02 Å². The highest BCUT2D eigenvalue weighted by atomic mass is 35.5. The normalized spacial score (nSPS) is 12.6. The summed E-state index contributed by atoms with van der Waals surface area (Å²) in [4.78, 5) is 29.3. The second-order valence-corrected chi connectivity index (χ2v) is 12.3. The first kappa shape index (κ1) is 32.8. The van der Waals surface area contributed by atoms with Crippen LogP contribution in [0.1, 0.15) is 31.4 Å². The minimum Gasteiger partial charge on any atom is -0.493 e. The van der Waals surface area contributed by atoms with Gasteiger partial charge < -0.3 is 19.7 Å². The predicted octanol–water partition coefficient (Wildman–Crippen LogP) is 4.68. The highest BCUT2D eigenvalue weighted by Gasteiger charge is 2.33. The van der Waals surface area contributed by atoms with Gasteiger partial charge in [-0.15, -0.1) is 0 Å². The van der Waals surface area contributed by atoms with Gasteiger partial charge in [0.15, 0.2) is 11.5 Å². The van der Waals surface area contributed by atoms with Crippen LogP contribution < -0.4 is 19.1 Å². The second kappa shape index (κ2) is 14.9. The van der Waals surface area contributed by atoms with Crippen molar-refractivity contribution in [1.29, 1.82) is 0 Å². The van der Waals surface area contributed by atoms with Gasteiger partial charge in [0.1, 0.15) is 12.6 Å². The first-order valence-corrected chi connectivity index (χ1v) is 15.8. The van der Waals surface area contributed by atoms with Gasteiger partial charge in [0, 0.05) is 30.1 Å². The van der Waals surface area contributed by atoms with Crippen molar-refractivity contribution < 1.29 is 27.5 Å². The Morgan fingerprint density at radius 3 is 2.19 bits per heavy atom. The maximum atomic E-state index is 14.2. The molecule has 2 amide bonds. The van der Waals surface area contributed by atoms with Crippen molar-refractivity contribution in [3.05, 3.63) is 88.9 Å². The monoisotopic (exact) mass is 615 g/mol. The molecule has 0 aliphatic heterocycles. The number of sulfonamides is 1. The summed E-state index contributed by atoms with van der Waals surface area (Å²) in [5, 5.41) is 3.48. The fraction of sp³-hybridized carbons (Fsp3) is 0.355. The third-order valence-corrected chi connectivity index (χ3v) is 8.22. The Morgan fingerprint density at radius 2 is 1.60 bits per heavy atom. The average molecular weight is 616 g/mol. The van der Waals surface area contributed by atoms with Crippen LogP contribution >= 0.6 is 11.6 Å². The van der Waals surface area contributed by atoms with E-state index in [1.54, 1.807) is 30.3 Å². The molecule has 0 saturated carbocycles. The molecule has 0 fully saturated rings. The van der Waals surface area contributed by atoms with Crippen molar-refractivity contribution in [2.75, 3.05) is 31.3 Å². The zero-order valence-corrected chi connectivity index (χ0v) is 26.1. The molecule has 3 aromatic rings. The molecular formula is C31H38ClN3O6S. The Hall–Kier alpha value is -3.76. The molecule has 0 bridgehead atoms. The van der Waals surface area contributed by atoms with Gasteiger partial charge in [-0.05, 0) is 48.7 Å². The molecule has 3 rings (SSSR count). The summed E-state index contributed by atoms with van der Waals surface area (Å²) in [6.45, 7) is 3.34. The van der Waals surface area contributed by atoms with Gasteiger partial charge >= 0.3 is 0 Å². The predicted molar refractivity (Wildman–Crippen MR) is 166 cm³/mol. The second-order valence-electron chi connectivity index (χ2n) is 9.98. The molecule has 42 heavy (non-hydrogen) atoms. The van der Waals surface area contributed by atoms with Crippen molar-refractivity contribution in [1.82, 2.24) is 10.2 Å². The Kier molecular flexibility index (Phi) is 11.6. The zero-order chi connectivity index (χ0) is 30.9. The molecule has 0 unspecified atom stereocenters. The van der Waals surface area contributed by atoms with E-state index < -0.39 is 28.5 Å². The van der Waals surface area contributed by atoms with E-state index in [0.717, 1.165) is 16.1 Å². The molecule has 0 aliphatic rings. The number of carbonyl (C=O) groups excluding carboxylic acids is 2. The number of halogens is 1. The Labute approximate surface area is 253 Å². The van der Waals surface area contributed by atoms with Crippen LogP contribution in [0.15, 0.2) is 72.8 Å². The van der Waals surface area contributed by atoms with Crippen molar-refractivity contribution >= 4 is 39.1 Å². The van der Waals surface area contributed by atoms with Crippen molar-refractivity contribution in [2.24, 2.45) is 0 Å². The number of anilines is 1. The molecule has 0 spiro atoms. The smallest absolute Gasteiger partial charge is 0.244 e. The number of hydrogen-bond acceptors (Lipinski definition) is 6. The van der Waals surface area contributed by atoms with Gasteiger partial charge in [-0.25, -0.2) is 8.42 Å². The van der Waals surface area contributed by atoms with E-state index in [1.165, 1.54) is 31.3 Å². The lowest BCUT2D eigenvalue weighted by atomic mass is 10.0. The number of amides is 2. The number of rotatable bonds is 14. The highest BCUT2D eigenvalue weighted by molar-refractivity contribution is 7.92. The van der Waals surface area contributed by atoms with E-state index >= 15 is 0 Å². The average Bonchev–Trinajstić information content (AvgIpc) is 2.97. The standard InChI is InChI=1S/C31H38ClN3O6S/c1-6-22(2)33-31(37)27(18-23-11-8-7-9-12-23)34(20-24-13-10-14-25(32)17-24)30(36)21-35(42(5,38)39)26-15-16-28(40-3)29(19-26)41-4/h7-17,19,22,27H,6,18,20-21H2,1-5H3,(H,33,37)/t22-,27+/m0/s1. The highest BCUT2D eigenvalue weighted by Crippen LogP contribution is 2.32. The topological polar surface area (TPSA) is 105 Å². The number of carbonyl (C=O) groups is 2. The van der Waals surface area contributed by atoms with Crippen LogP contribution in [-0.4, -0.2) is 64.2 Å². The van der Waals surface area contributed by atoms with E-state index in [0.29, 0.717) is 28.5 Å². The van der Waals surface area contributed by atoms with Crippen molar-refractivity contribution in [3.63, 3.8) is 0 Å². The summed E-state index contributed by atoms with van der Waals surface area (Å²) in [5.41, 5.74) is 1.77. The fourth-order valence-electron chi connectivity index (χ4n) is 4.42. The van der Waals surface area contributed by atoms with Crippen molar-refractivity contribution in [3.8, 4) is 11.5 Å². The Morgan fingerprint density at radius 1 is 0.929 bits per heavy atom. The van der Waals surface area contributed by atoms with Crippen LogP contribution in [0.5, 0.6) is 11.5 Å². The molecular weight excluding hydrogens is 578 g/mol. The van der Waals surface area contributed by atoms with Crippen LogP contribution in [0.25, 0.3) is 0 Å². The molecule has 2 atom stereocenters. The lowest BCUT2D eigenvalue weighted by molar-refractivity contribution is -0.140. The van der Waals surface area contributed by atoms with Gasteiger partial charge in [0.05, 0.1) is 26.2 Å². The summed E-state index contributed by atoms with van der Waals surface area (Å²) in [7, 11) is -1.02. The number of ether oxygens (including phenoxy) is 2. The molecule has 1 N–H and O–H groups in total. The molecule has 3 aromatic carbocycles. The van der Waals surface area contributed by atoms with Crippen LogP contribution in [-0.2, 0) is 32.6 Å². The van der Waals surface area contributed by atoms with E-state index in [2.05, 4.69) is 5.32 Å². The fourth-order valence-corrected chi connectivity index (χ4v) is 5.48. The van der Waals surface area contributed by atoms with E-state index in [9.17, 15) is 18.0 Å². The summed E-state index contributed by atoms with van der Waals surface area (Å²) in [5.74, 6) is -0.175. The minimum absolute atomic E-state index is 0.0361. The number of nitrogens with zero attached hydrogens (tertiary/aromatic N) is 2. The van der Waals surface area contributed by atoms with Crippen LogP contribution in [0, 0.1) is 0 Å². The maximum absolute atomic E-state index is 14.2. The van der Waals surface area contributed by atoms with Gasteiger partial charge in [-0.2, -0.15) is 0 Å². The molecule has 226 valence electrons. The lowest BCUT2D eigenvalue weighted by Crippen LogP contribution is -2.54. The molecule has 0 heterocycles. The summed E-state index contributed by atoms with van der Waals surface area (Å²) in [6, 6.07) is 19.9. The SMILES string of the molecule is CC[C@H](C)NC(=O)[C@@H](Cc1ccccc1)N(Cc1cccc(Cl)c1)C(=O)CN(c1ccc(OC)c(OC)c1)S(C)(=O)=O. The summed E-state index contributed by atoms with van der Waals surface area (Å²) in [6.07, 6.45) is 1.95. The number of benzene rings is 3. The van der Waals surface area contributed by atoms with Gasteiger partial charge in [-0.1, -0.05) is 61.0 Å². The molecule has 0 saturated heterocycles. The third kappa shape index (κ3) is 8.87. The molecule has 0 aliphatic carbocycles. The number of methoxy groups -OCH3 is 2. The van der Waals surface area contributed by atoms with Gasteiger partial charge in [-0.3, -0.25) is 13.9 Å². The summed E-state index contributed by atoms with van der Waals surface area (Å²) < 4.78 is 37.7. The van der Waals surface area contributed by atoms with E-state index in [1.807, 2.05) is 44.2 Å². The number of nitrogens with one attached hydrogen (secondary N) is 1. The largest absolute Gasteiger partial charge is 0.493 e. The van der Waals surface area contributed by atoms with Gasteiger partial charge in [0.25, 0.3) is 0 Å². The first-order chi connectivity index (χ1) is 20.0. The maximum Gasteiger partial charge on any atom is 0.244 e. The molecule has 0 aromatic heterocycles. The molecule has 9 nitrogen and oxygen atoms in total. The zero-order valence-electron chi connectivity index (χ0n) is 24.5. The summed E-state index contributed by atoms with van der Waals surface area (Å²) >= 11 is 6.25. The first-order valence-electron chi connectivity index (χ1n) is 13.5. The van der Waals surface area contributed by atoms with Gasteiger partial charge in [0.2, 0.25) is 21.8 Å². The molecule has 11 heteroatoms.